The molecule has 1 heterocycles. The highest BCUT2D eigenvalue weighted by molar-refractivity contribution is 7.92. The van der Waals surface area contributed by atoms with E-state index in [-0.39, 0.29) is 17.9 Å². The average Bonchev–Trinajstić information content (AvgIpc) is 2.74. The molecule has 3 aromatic rings. The van der Waals surface area contributed by atoms with Gasteiger partial charge in [-0.05, 0) is 73.5 Å². The second kappa shape index (κ2) is 9.94. The fourth-order valence-electron chi connectivity index (χ4n) is 2.70. The summed E-state index contributed by atoms with van der Waals surface area (Å²) in [5.41, 5.74) is 1.04. The van der Waals surface area contributed by atoms with E-state index in [1.807, 2.05) is 0 Å². The Hall–Kier alpha value is -3.59. The molecule has 0 fully saturated rings. The van der Waals surface area contributed by atoms with Gasteiger partial charge in [-0.3, -0.25) is 14.5 Å². The molecule has 0 amide bonds. The number of pyridine rings is 1. The van der Waals surface area contributed by atoms with Crippen LogP contribution in [-0.4, -0.2) is 31.1 Å². The van der Waals surface area contributed by atoms with Crippen molar-refractivity contribution in [2.75, 3.05) is 11.3 Å². The number of carbonyl (C=O) groups is 1. The Kier molecular flexibility index (Phi) is 7.09. The molecule has 0 aliphatic rings. The van der Waals surface area contributed by atoms with Gasteiger partial charge in [-0.15, -0.1) is 0 Å². The Morgan fingerprint density at radius 3 is 2.35 bits per heavy atom. The van der Waals surface area contributed by atoms with Crippen LogP contribution >= 0.6 is 0 Å². The molecule has 0 saturated heterocycles. The number of carboxylic acid groups (broad SMARTS) is 1. The van der Waals surface area contributed by atoms with E-state index in [9.17, 15) is 13.2 Å². The summed E-state index contributed by atoms with van der Waals surface area (Å²) in [6.07, 6.45) is 3.62. The van der Waals surface area contributed by atoms with Crippen molar-refractivity contribution in [2.45, 2.75) is 24.7 Å². The van der Waals surface area contributed by atoms with Gasteiger partial charge >= 0.3 is 5.97 Å². The molecule has 9 heteroatoms. The first-order valence-corrected chi connectivity index (χ1v) is 11.0. The number of ether oxygens (including phenoxy) is 2. The Labute approximate surface area is 180 Å². The molecular formula is C22H22N2O6S. The van der Waals surface area contributed by atoms with Crippen molar-refractivity contribution in [1.82, 2.24) is 4.98 Å². The SMILES string of the molecule is Cc1cc(S(=O)(=O)Nc2ccc(Oc3ccncc3)cc2)ccc1OCCCC(=O)O. The Morgan fingerprint density at radius 1 is 1.03 bits per heavy atom. The molecule has 3 rings (SSSR count). The smallest absolute Gasteiger partial charge is 0.303 e. The predicted molar refractivity (Wildman–Crippen MR) is 115 cm³/mol. The number of carboxylic acids is 1. The van der Waals surface area contributed by atoms with Crippen LogP contribution in [-0.2, 0) is 14.8 Å². The van der Waals surface area contributed by atoms with Gasteiger partial charge < -0.3 is 14.6 Å². The molecule has 31 heavy (non-hydrogen) atoms. The predicted octanol–water partition coefficient (Wildman–Crippen LogP) is 4.23. The van der Waals surface area contributed by atoms with E-state index in [2.05, 4.69) is 9.71 Å². The molecule has 2 N–H and O–H groups in total. The summed E-state index contributed by atoms with van der Waals surface area (Å²) in [6.45, 7) is 1.97. The number of anilines is 1. The summed E-state index contributed by atoms with van der Waals surface area (Å²) in [5, 5.41) is 8.66. The molecule has 0 aliphatic heterocycles. The molecule has 0 saturated carbocycles. The second-order valence-corrected chi connectivity index (χ2v) is 8.37. The summed E-state index contributed by atoms with van der Waals surface area (Å²) in [6, 6.07) is 14.5. The standard InChI is InChI=1S/C22H22N2O6S/c1-16-15-20(8-9-21(16)29-14-2-3-22(25)26)31(27,28)24-17-4-6-18(7-5-17)30-19-10-12-23-13-11-19/h4-13,15,24H,2-3,14H2,1H3,(H,25,26). The molecule has 0 spiro atoms. The molecule has 2 aromatic carbocycles. The third kappa shape index (κ3) is 6.45. The molecule has 162 valence electrons. The largest absolute Gasteiger partial charge is 0.493 e. The van der Waals surface area contributed by atoms with Crippen LogP contribution < -0.4 is 14.2 Å². The van der Waals surface area contributed by atoms with Crippen LogP contribution in [0.2, 0.25) is 0 Å². The molecule has 0 atom stereocenters. The zero-order valence-corrected chi connectivity index (χ0v) is 17.6. The van der Waals surface area contributed by atoms with Crippen molar-refractivity contribution in [2.24, 2.45) is 0 Å². The number of rotatable bonds is 10. The van der Waals surface area contributed by atoms with E-state index in [1.165, 1.54) is 12.1 Å². The number of benzene rings is 2. The van der Waals surface area contributed by atoms with Gasteiger partial charge in [-0.25, -0.2) is 8.42 Å². The molecule has 8 nitrogen and oxygen atoms in total. The summed E-state index contributed by atoms with van der Waals surface area (Å²) >= 11 is 0. The fourth-order valence-corrected chi connectivity index (χ4v) is 3.85. The minimum Gasteiger partial charge on any atom is -0.493 e. The monoisotopic (exact) mass is 442 g/mol. The van der Waals surface area contributed by atoms with Crippen molar-refractivity contribution in [3.63, 3.8) is 0 Å². The van der Waals surface area contributed by atoms with Gasteiger partial charge in [0, 0.05) is 24.5 Å². The van der Waals surface area contributed by atoms with Crippen molar-refractivity contribution < 1.29 is 27.8 Å². The zero-order valence-electron chi connectivity index (χ0n) is 16.8. The van der Waals surface area contributed by atoms with Crippen LogP contribution in [0.4, 0.5) is 5.69 Å². The molecule has 1 aromatic heterocycles. The second-order valence-electron chi connectivity index (χ2n) is 6.69. The quantitative estimate of drug-likeness (QED) is 0.452. The van der Waals surface area contributed by atoms with Crippen molar-refractivity contribution in [3.8, 4) is 17.2 Å². The van der Waals surface area contributed by atoms with E-state index >= 15 is 0 Å². The van der Waals surface area contributed by atoms with Gasteiger partial charge in [-0.2, -0.15) is 0 Å². The Balaban J connectivity index is 1.63. The number of nitrogens with one attached hydrogen (secondary N) is 1. The lowest BCUT2D eigenvalue weighted by Gasteiger charge is -2.12. The Bertz CT molecular complexity index is 1130. The van der Waals surface area contributed by atoms with Crippen molar-refractivity contribution >= 4 is 21.7 Å². The highest BCUT2D eigenvalue weighted by Crippen LogP contribution is 2.26. The van der Waals surface area contributed by atoms with Gasteiger partial charge in [0.2, 0.25) is 0 Å². The van der Waals surface area contributed by atoms with Crippen LogP contribution in [0.1, 0.15) is 18.4 Å². The van der Waals surface area contributed by atoms with Gasteiger partial charge in [0.15, 0.2) is 0 Å². The topological polar surface area (TPSA) is 115 Å². The minimum absolute atomic E-state index is 0.0157. The van der Waals surface area contributed by atoms with Gasteiger partial charge in [0.05, 0.1) is 11.5 Å². The van der Waals surface area contributed by atoms with Gasteiger partial charge in [0.25, 0.3) is 10.0 Å². The highest BCUT2D eigenvalue weighted by Gasteiger charge is 2.16. The van der Waals surface area contributed by atoms with Crippen molar-refractivity contribution in [3.05, 3.63) is 72.6 Å². The lowest BCUT2D eigenvalue weighted by atomic mass is 10.2. The lowest BCUT2D eigenvalue weighted by Crippen LogP contribution is -2.13. The maximum atomic E-state index is 12.7. The van der Waals surface area contributed by atoms with Crippen LogP contribution in [0.5, 0.6) is 17.2 Å². The number of sulfonamides is 1. The van der Waals surface area contributed by atoms with Crippen LogP contribution in [0.3, 0.4) is 0 Å². The van der Waals surface area contributed by atoms with Crippen LogP contribution in [0.15, 0.2) is 71.9 Å². The summed E-state index contributed by atoms with van der Waals surface area (Å²) in [4.78, 5) is 14.6. The normalized spacial score (nSPS) is 11.0. The average molecular weight is 442 g/mol. The Morgan fingerprint density at radius 2 is 1.71 bits per heavy atom. The third-order valence-electron chi connectivity index (χ3n) is 4.24. The van der Waals surface area contributed by atoms with Gasteiger partial charge in [0.1, 0.15) is 17.2 Å². The third-order valence-corrected chi connectivity index (χ3v) is 5.62. The summed E-state index contributed by atoms with van der Waals surface area (Å²) < 4.78 is 39.2. The highest BCUT2D eigenvalue weighted by atomic mass is 32.2. The number of aromatic nitrogens is 1. The minimum atomic E-state index is -3.79. The maximum Gasteiger partial charge on any atom is 0.303 e. The van der Waals surface area contributed by atoms with E-state index in [4.69, 9.17) is 14.6 Å². The first-order valence-electron chi connectivity index (χ1n) is 9.49. The zero-order chi connectivity index (χ0) is 22.3. The summed E-state index contributed by atoms with van der Waals surface area (Å²) in [7, 11) is -3.79. The number of aryl methyl sites for hydroxylation is 1. The molecule has 0 unspecified atom stereocenters. The van der Waals surface area contributed by atoms with E-state index < -0.39 is 16.0 Å². The maximum absolute atomic E-state index is 12.7. The fraction of sp³-hybridized carbons (Fsp3) is 0.182. The van der Waals surface area contributed by atoms with Crippen molar-refractivity contribution in [1.29, 1.82) is 0 Å². The molecular weight excluding hydrogens is 420 g/mol. The van der Waals surface area contributed by atoms with Gasteiger partial charge in [-0.1, -0.05) is 0 Å². The first kappa shape index (κ1) is 22.1. The number of hydrogen-bond acceptors (Lipinski definition) is 6. The lowest BCUT2D eigenvalue weighted by molar-refractivity contribution is -0.137. The molecule has 0 radical (unpaired) electrons. The first-order chi connectivity index (χ1) is 14.8. The van der Waals surface area contributed by atoms with Crippen LogP contribution in [0, 0.1) is 6.92 Å². The van der Waals surface area contributed by atoms with E-state index in [0.717, 1.165) is 0 Å². The molecule has 0 bridgehead atoms. The van der Waals surface area contributed by atoms with E-state index in [0.29, 0.717) is 34.9 Å². The van der Waals surface area contributed by atoms with E-state index in [1.54, 1.807) is 61.8 Å². The summed E-state index contributed by atoms with van der Waals surface area (Å²) in [5.74, 6) is 0.824. The molecule has 0 aliphatic carbocycles. The van der Waals surface area contributed by atoms with Crippen LogP contribution in [0.25, 0.3) is 0 Å². The number of hydrogen-bond donors (Lipinski definition) is 2. The number of aliphatic carboxylic acids is 1. The number of nitrogens with zero attached hydrogens (tertiary/aromatic N) is 1.